The Morgan fingerprint density at radius 2 is 1.27 bits per heavy atom. The fourth-order valence-electron chi connectivity index (χ4n) is 3.45. The highest BCUT2D eigenvalue weighted by Crippen LogP contribution is 2.19. The molecule has 0 bridgehead atoms. The molecule has 0 fully saturated rings. The van der Waals surface area contributed by atoms with E-state index < -0.39 is 0 Å². The standard InChI is InChI=1S/C23H39NO2/c1-2-3-4-5-6-7-8-9-10-11-12-13-14-15-16-21-17-18-23(25)22(19-21)20-24-26/h17-20,25-26H,2-16H2,1H3. The molecule has 1 rings (SSSR count). The Balaban J connectivity index is 1.93. The molecule has 0 saturated heterocycles. The minimum atomic E-state index is 0.160. The Morgan fingerprint density at radius 1 is 0.769 bits per heavy atom. The van der Waals surface area contributed by atoms with Crippen LogP contribution in [-0.2, 0) is 6.42 Å². The fraction of sp³-hybridized carbons (Fsp3) is 0.696. The van der Waals surface area contributed by atoms with Crippen LogP contribution in [-0.4, -0.2) is 16.5 Å². The van der Waals surface area contributed by atoms with Crippen LogP contribution in [0.2, 0.25) is 0 Å². The predicted molar refractivity (Wildman–Crippen MR) is 112 cm³/mol. The van der Waals surface area contributed by atoms with Gasteiger partial charge in [0.25, 0.3) is 0 Å². The topological polar surface area (TPSA) is 52.8 Å². The van der Waals surface area contributed by atoms with E-state index in [-0.39, 0.29) is 5.75 Å². The van der Waals surface area contributed by atoms with Crippen LogP contribution in [0.15, 0.2) is 23.4 Å². The van der Waals surface area contributed by atoms with Crippen molar-refractivity contribution in [3.8, 4) is 5.75 Å². The summed E-state index contributed by atoms with van der Waals surface area (Å²) in [6.45, 7) is 2.28. The first-order chi connectivity index (χ1) is 12.8. The minimum Gasteiger partial charge on any atom is -0.507 e. The van der Waals surface area contributed by atoms with Crippen molar-refractivity contribution in [1.29, 1.82) is 0 Å². The van der Waals surface area contributed by atoms with Gasteiger partial charge in [0.05, 0.1) is 6.21 Å². The number of oxime groups is 1. The SMILES string of the molecule is CCCCCCCCCCCCCCCCc1ccc(O)c(C=NO)c1. The molecule has 0 amide bonds. The van der Waals surface area contributed by atoms with Crippen molar-refractivity contribution in [3.63, 3.8) is 0 Å². The summed E-state index contributed by atoms with van der Waals surface area (Å²) in [5.74, 6) is 0.160. The van der Waals surface area contributed by atoms with Gasteiger partial charge in [0, 0.05) is 5.56 Å². The van der Waals surface area contributed by atoms with Crippen LogP contribution in [0.3, 0.4) is 0 Å². The van der Waals surface area contributed by atoms with E-state index in [1.54, 1.807) is 6.07 Å². The number of nitrogens with zero attached hydrogens (tertiary/aromatic N) is 1. The van der Waals surface area contributed by atoms with E-state index in [1.165, 1.54) is 102 Å². The van der Waals surface area contributed by atoms with E-state index in [0.717, 1.165) is 6.42 Å². The lowest BCUT2D eigenvalue weighted by atomic mass is 10.0. The third-order valence-corrected chi connectivity index (χ3v) is 5.11. The molecule has 0 atom stereocenters. The third-order valence-electron chi connectivity index (χ3n) is 5.11. The van der Waals surface area contributed by atoms with E-state index in [0.29, 0.717) is 5.56 Å². The van der Waals surface area contributed by atoms with E-state index in [4.69, 9.17) is 5.21 Å². The zero-order valence-corrected chi connectivity index (χ0v) is 16.8. The number of aryl methyl sites for hydroxylation is 1. The van der Waals surface area contributed by atoms with Gasteiger partial charge in [0.15, 0.2) is 0 Å². The highest BCUT2D eigenvalue weighted by atomic mass is 16.4. The maximum absolute atomic E-state index is 9.66. The van der Waals surface area contributed by atoms with Crippen molar-refractivity contribution in [2.45, 2.75) is 103 Å². The first kappa shape index (κ1) is 22.5. The zero-order chi connectivity index (χ0) is 18.9. The summed E-state index contributed by atoms with van der Waals surface area (Å²) < 4.78 is 0. The minimum absolute atomic E-state index is 0.160. The molecule has 0 aromatic heterocycles. The third kappa shape index (κ3) is 11.2. The number of hydrogen-bond donors (Lipinski definition) is 2. The number of rotatable bonds is 16. The fourth-order valence-corrected chi connectivity index (χ4v) is 3.45. The molecular weight excluding hydrogens is 322 g/mol. The van der Waals surface area contributed by atoms with Crippen molar-refractivity contribution < 1.29 is 10.3 Å². The van der Waals surface area contributed by atoms with E-state index >= 15 is 0 Å². The van der Waals surface area contributed by atoms with E-state index in [2.05, 4.69) is 12.1 Å². The number of unbranched alkanes of at least 4 members (excludes halogenated alkanes) is 13. The molecule has 0 aliphatic carbocycles. The van der Waals surface area contributed by atoms with Gasteiger partial charge in [-0.3, -0.25) is 0 Å². The molecule has 2 N–H and O–H groups in total. The molecule has 0 radical (unpaired) electrons. The van der Waals surface area contributed by atoms with E-state index in [9.17, 15) is 5.11 Å². The Kier molecular flexibility index (Phi) is 13.6. The van der Waals surface area contributed by atoms with Gasteiger partial charge in [-0.1, -0.05) is 102 Å². The molecule has 0 unspecified atom stereocenters. The molecule has 26 heavy (non-hydrogen) atoms. The Morgan fingerprint density at radius 3 is 1.77 bits per heavy atom. The van der Waals surface area contributed by atoms with Crippen LogP contribution in [0.25, 0.3) is 0 Å². The highest BCUT2D eigenvalue weighted by Gasteiger charge is 2.01. The maximum Gasteiger partial charge on any atom is 0.124 e. The molecular formula is C23H39NO2. The molecule has 1 aromatic carbocycles. The average Bonchev–Trinajstić information content (AvgIpc) is 2.64. The molecule has 0 heterocycles. The van der Waals surface area contributed by atoms with Crippen LogP contribution < -0.4 is 0 Å². The number of hydrogen-bond acceptors (Lipinski definition) is 3. The summed E-state index contributed by atoms with van der Waals surface area (Å²) >= 11 is 0. The molecule has 3 heteroatoms. The molecule has 1 aromatic rings. The first-order valence-electron chi connectivity index (χ1n) is 10.8. The number of aromatic hydroxyl groups is 1. The second-order valence-electron chi connectivity index (χ2n) is 7.48. The highest BCUT2D eigenvalue weighted by molar-refractivity contribution is 5.83. The van der Waals surface area contributed by atoms with Crippen LogP contribution in [0.4, 0.5) is 0 Å². The summed E-state index contributed by atoms with van der Waals surface area (Å²) in [6, 6.07) is 5.53. The lowest BCUT2D eigenvalue weighted by molar-refractivity contribution is 0.321. The molecule has 0 spiro atoms. The number of phenolic OH excluding ortho intramolecular Hbond substituents is 1. The van der Waals surface area contributed by atoms with Crippen LogP contribution in [0, 0.1) is 0 Å². The second kappa shape index (κ2) is 15.7. The predicted octanol–water partition coefficient (Wildman–Crippen LogP) is 7.22. The second-order valence-corrected chi connectivity index (χ2v) is 7.48. The number of phenols is 1. The monoisotopic (exact) mass is 361 g/mol. The average molecular weight is 362 g/mol. The van der Waals surface area contributed by atoms with Gasteiger partial charge in [-0.15, -0.1) is 0 Å². The molecule has 0 saturated carbocycles. The van der Waals surface area contributed by atoms with Gasteiger partial charge in [-0.2, -0.15) is 0 Å². The van der Waals surface area contributed by atoms with Crippen LogP contribution in [0.1, 0.15) is 108 Å². The normalized spacial score (nSPS) is 11.4. The van der Waals surface area contributed by atoms with Crippen molar-refractivity contribution in [1.82, 2.24) is 0 Å². The smallest absolute Gasteiger partial charge is 0.124 e. The van der Waals surface area contributed by atoms with Gasteiger partial charge in [-0.25, -0.2) is 0 Å². The quantitative estimate of drug-likeness (QED) is 0.141. The van der Waals surface area contributed by atoms with Crippen molar-refractivity contribution in [2.24, 2.45) is 5.16 Å². The summed E-state index contributed by atoms with van der Waals surface area (Å²) in [5, 5.41) is 21.3. The molecule has 148 valence electrons. The lowest BCUT2D eigenvalue weighted by Crippen LogP contribution is -1.90. The Labute approximate surface area is 160 Å². The molecule has 0 aliphatic rings. The van der Waals surface area contributed by atoms with Gasteiger partial charge in [0.1, 0.15) is 5.75 Å². The lowest BCUT2D eigenvalue weighted by Gasteiger charge is -2.05. The zero-order valence-electron chi connectivity index (χ0n) is 16.8. The summed E-state index contributed by atoms with van der Waals surface area (Å²) in [5.41, 5.74) is 1.77. The maximum atomic E-state index is 9.66. The first-order valence-corrected chi connectivity index (χ1v) is 10.8. The Hall–Kier alpha value is -1.51. The summed E-state index contributed by atoms with van der Waals surface area (Å²) in [6.07, 6.45) is 21.5. The van der Waals surface area contributed by atoms with Gasteiger partial charge >= 0.3 is 0 Å². The van der Waals surface area contributed by atoms with Crippen molar-refractivity contribution in [3.05, 3.63) is 29.3 Å². The van der Waals surface area contributed by atoms with Crippen LogP contribution >= 0.6 is 0 Å². The Bertz CT molecular complexity index is 485. The summed E-state index contributed by atoms with van der Waals surface area (Å²) in [4.78, 5) is 0. The summed E-state index contributed by atoms with van der Waals surface area (Å²) in [7, 11) is 0. The number of benzene rings is 1. The van der Waals surface area contributed by atoms with Crippen molar-refractivity contribution >= 4 is 6.21 Å². The van der Waals surface area contributed by atoms with Crippen LogP contribution in [0.5, 0.6) is 5.75 Å². The van der Waals surface area contributed by atoms with Gasteiger partial charge < -0.3 is 10.3 Å². The largest absolute Gasteiger partial charge is 0.507 e. The van der Waals surface area contributed by atoms with E-state index in [1.807, 2.05) is 12.1 Å². The van der Waals surface area contributed by atoms with Gasteiger partial charge in [-0.05, 0) is 30.5 Å². The van der Waals surface area contributed by atoms with Gasteiger partial charge in [0.2, 0.25) is 0 Å². The molecule has 3 nitrogen and oxygen atoms in total. The molecule has 0 aliphatic heterocycles. The van der Waals surface area contributed by atoms with Crippen molar-refractivity contribution in [2.75, 3.05) is 0 Å².